The second kappa shape index (κ2) is 10.2. The van der Waals surface area contributed by atoms with Crippen LogP contribution in [0.2, 0.25) is 0 Å². The first-order valence-corrected chi connectivity index (χ1v) is 13.9. The molecule has 1 aliphatic rings. The van der Waals surface area contributed by atoms with E-state index < -0.39 is 268 Å². The van der Waals surface area contributed by atoms with E-state index in [1.54, 1.807) is 0 Å². The lowest BCUT2D eigenvalue weighted by atomic mass is 9.83. The molecule has 0 fully saturated rings. The molecule has 0 amide bonds. The van der Waals surface area contributed by atoms with Crippen molar-refractivity contribution in [3.05, 3.63) is 169 Å². The molecule has 0 unspecified atom stereocenters. The van der Waals surface area contributed by atoms with E-state index in [4.69, 9.17) is 30.8 Å². The summed E-state index contributed by atoms with van der Waals surface area (Å²) in [5.41, 5.74) is -5.71. The van der Waals surface area contributed by atoms with E-state index >= 15 is 0 Å². The molecular formula is C46H28O. The van der Waals surface area contributed by atoms with Crippen LogP contribution in [0, 0.1) is 0 Å². The molecule has 1 nitrogen and oxygen atoms in total. The molecule has 0 bridgehead atoms. The Morgan fingerprint density at radius 3 is 1.81 bits per heavy atom. The van der Waals surface area contributed by atoms with Gasteiger partial charge in [-0.2, -0.15) is 0 Å². The molecular weight excluding hydrogens is 569 g/mol. The number of rotatable bonds is 3. The van der Waals surface area contributed by atoms with Crippen molar-refractivity contribution in [3.8, 4) is 56.0 Å². The van der Waals surface area contributed by atoms with Crippen molar-refractivity contribution in [3.63, 3.8) is 0 Å². The fraction of sp³-hybridized carbons (Fsp3) is 0. The maximum Gasteiger partial charge on any atom is 0.135 e. The normalized spacial score (nSPS) is 20.3. The maximum atomic E-state index is 10.1. The van der Waals surface area contributed by atoms with Gasteiger partial charge in [-0.25, -0.2) is 0 Å². The minimum absolute atomic E-state index is 0.502. The highest BCUT2D eigenvalue weighted by atomic mass is 16.5. The summed E-state index contributed by atoms with van der Waals surface area (Å²) < 4.78 is 259. The van der Waals surface area contributed by atoms with E-state index in [0.29, 0.717) is 0 Å². The van der Waals surface area contributed by atoms with Crippen molar-refractivity contribution < 1.29 is 43.1 Å². The summed E-state index contributed by atoms with van der Waals surface area (Å²) in [4.78, 5) is 0. The minimum Gasteiger partial charge on any atom is -0.456 e. The third-order valence-electron chi connectivity index (χ3n) is 7.82. The summed E-state index contributed by atoms with van der Waals surface area (Å²) in [6.07, 6.45) is 0. The van der Waals surface area contributed by atoms with E-state index in [0.717, 1.165) is 0 Å². The third-order valence-corrected chi connectivity index (χ3v) is 7.82. The topological polar surface area (TPSA) is 9.23 Å². The monoisotopic (exact) mass is 624 g/mol. The van der Waals surface area contributed by atoms with Crippen LogP contribution in [0.3, 0.4) is 0 Å². The molecule has 0 aliphatic carbocycles. The van der Waals surface area contributed by atoms with Gasteiger partial charge in [0.05, 0.1) is 38.4 Å². The van der Waals surface area contributed by atoms with Crippen LogP contribution < -0.4 is 4.74 Å². The molecule has 10 rings (SSSR count). The highest BCUT2D eigenvalue weighted by Crippen LogP contribution is 2.51. The Hall–Kier alpha value is -6.18. The zero-order valence-electron chi connectivity index (χ0n) is 51.4. The molecule has 0 saturated heterocycles. The van der Waals surface area contributed by atoms with Crippen molar-refractivity contribution in [1.29, 1.82) is 0 Å². The largest absolute Gasteiger partial charge is 0.456 e. The smallest absolute Gasteiger partial charge is 0.135 e. The molecule has 1 aliphatic heterocycles. The van der Waals surface area contributed by atoms with Gasteiger partial charge in [0.1, 0.15) is 11.5 Å². The van der Waals surface area contributed by atoms with Crippen molar-refractivity contribution in [2.45, 2.75) is 0 Å². The van der Waals surface area contributed by atoms with Gasteiger partial charge in [0, 0.05) is 10.9 Å². The van der Waals surface area contributed by atoms with Crippen molar-refractivity contribution in [2.75, 3.05) is 0 Å². The van der Waals surface area contributed by atoms with Crippen LogP contribution in [0.4, 0.5) is 0 Å². The standard InChI is InChI=1S/C46H28O/c1-3-12-29(13-4-1)33-25-27-42-45-35(33)20-11-21-38(45)40-28-32(23-26-41(40)47-42)43-36-18-9-10-19-37(36)44(31-15-5-2-6-16-31)46-34-17-8-7-14-30(34)22-24-39(43)46/h1-28H/i1D,2D,3D,4D,5D,6D,7D,8D,9D,10D,11D,12D,13D,14D,15D,16D,17D,18D,19D,20D,21D,22D,23D,24D,25D,26D,27D,28D. The van der Waals surface area contributed by atoms with E-state index in [1.165, 1.54) is 0 Å². The van der Waals surface area contributed by atoms with Crippen LogP contribution in [0.25, 0.3) is 87.6 Å². The SMILES string of the molecule is [2H]c1c([2H])c([2H])c(-c2c([2H])c([2H])c3c4c(c([2H])c([2H])c([2H])c24)-c2c([2H])c(-c4c5c([2H])c([2H])c([2H])c([2H])c5c(-c5c([2H])c([2H])c([2H])c([2H])c5[2H])c5c4c([2H])c([2H])c4c([2H])c([2H])c([2H])c([2H])c45)c([2H])c([2H])c2O3)c([2H])c1[2H]. The van der Waals surface area contributed by atoms with Gasteiger partial charge in [0.25, 0.3) is 0 Å². The van der Waals surface area contributed by atoms with Crippen LogP contribution in [0.5, 0.6) is 11.5 Å². The van der Waals surface area contributed by atoms with Crippen LogP contribution in [0.15, 0.2) is 169 Å². The minimum atomic E-state index is -1.05. The summed E-state index contributed by atoms with van der Waals surface area (Å²) in [6, 6.07) is -26.3. The number of ether oxygens (including phenoxy) is 1. The second-order valence-corrected chi connectivity index (χ2v) is 10.3. The molecule has 47 heavy (non-hydrogen) atoms. The predicted octanol–water partition coefficient (Wildman–Crippen LogP) is 13.1. The molecule has 1 heterocycles. The van der Waals surface area contributed by atoms with E-state index in [9.17, 15) is 12.3 Å². The van der Waals surface area contributed by atoms with Crippen LogP contribution in [-0.2, 0) is 0 Å². The van der Waals surface area contributed by atoms with Crippen LogP contribution >= 0.6 is 0 Å². The molecule has 0 spiro atoms. The fourth-order valence-corrected chi connectivity index (χ4v) is 5.92. The zero-order chi connectivity index (χ0) is 55.3. The van der Waals surface area contributed by atoms with Crippen molar-refractivity contribution in [1.82, 2.24) is 0 Å². The first-order chi connectivity index (χ1) is 35.0. The van der Waals surface area contributed by atoms with Gasteiger partial charge < -0.3 is 4.74 Å². The Bertz CT molecular complexity index is 4240. The summed E-state index contributed by atoms with van der Waals surface area (Å²) in [7, 11) is 0. The first-order valence-electron chi connectivity index (χ1n) is 27.9. The predicted molar refractivity (Wildman–Crippen MR) is 198 cm³/mol. The average molecular weight is 625 g/mol. The third kappa shape index (κ3) is 3.90. The average Bonchev–Trinajstić information content (AvgIpc) is 3.40. The molecule has 218 valence electrons. The van der Waals surface area contributed by atoms with Crippen LogP contribution in [-0.4, -0.2) is 0 Å². The highest BCUT2D eigenvalue weighted by molar-refractivity contribution is 6.28. The molecule has 0 radical (unpaired) electrons. The zero-order valence-corrected chi connectivity index (χ0v) is 23.4. The van der Waals surface area contributed by atoms with E-state index in [2.05, 4.69) is 0 Å². The van der Waals surface area contributed by atoms with Gasteiger partial charge >= 0.3 is 0 Å². The Balaban J connectivity index is 1.53. The van der Waals surface area contributed by atoms with E-state index in [1.807, 2.05) is 0 Å². The van der Waals surface area contributed by atoms with Gasteiger partial charge in [-0.3, -0.25) is 0 Å². The number of hydrogen-bond acceptors (Lipinski definition) is 1. The number of benzene rings is 9. The van der Waals surface area contributed by atoms with Crippen molar-refractivity contribution in [2.24, 2.45) is 0 Å². The summed E-state index contributed by atoms with van der Waals surface area (Å²) in [6.45, 7) is 0. The van der Waals surface area contributed by atoms with Crippen molar-refractivity contribution >= 4 is 43.1 Å². The molecule has 0 N–H and O–H groups in total. The molecule has 0 saturated carbocycles. The second-order valence-electron chi connectivity index (χ2n) is 10.3. The lowest BCUT2D eigenvalue weighted by Gasteiger charge is -2.24. The summed E-state index contributed by atoms with van der Waals surface area (Å²) in [5.74, 6) is -1.44. The van der Waals surface area contributed by atoms with Gasteiger partial charge in [-0.05, 0) is 94.8 Å². The summed E-state index contributed by atoms with van der Waals surface area (Å²) in [5, 5.41) is -5.31. The Morgan fingerprint density at radius 2 is 1.00 bits per heavy atom. The fourth-order valence-electron chi connectivity index (χ4n) is 5.92. The molecule has 1 heteroatoms. The van der Waals surface area contributed by atoms with Gasteiger partial charge in [0.15, 0.2) is 0 Å². The van der Waals surface area contributed by atoms with Crippen LogP contribution in [0.1, 0.15) is 38.4 Å². The van der Waals surface area contributed by atoms with Gasteiger partial charge in [-0.15, -0.1) is 0 Å². The summed E-state index contributed by atoms with van der Waals surface area (Å²) >= 11 is 0. The molecule has 9 aromatic carbocycles. The quantitative estimate of drug-likeness (QED) is 0.140. The lowest BCUT2D eigenvalue weighted by Crippen LogP contribution is -1.99. The van der Waals surface area contributed by atoms with Gasteiger partial charge in [0.2, 0.25) is 0 Å². The molecule has 9 aromatic rings. The van der Waals surface area contributed by atoms with Gasteiger partial charge in [-0.1, -0.05) is 151 Å². The lowest BCUT2D eigenvalue weighted by molar-refractivity contribution is 0.487. The number of hydrogen-bond donors (Lipinski definition) is 0. The Morgan fingerprint density at radius 1 is 0.340 bits per heavy atom. The molecule has 0 atom stereocenters. The maximum absolute atomic E-state index is 10.1. The Kier molecular flexibility index (Phi) is 2.31. The Labute approximate surface area is 312 Å². The molecule has 0 aromatic heterocycles. The number of fused-ring (bicyclic) bond motifs is 6. The first kappa shape index (κ1) is 10.7. The van der Waals surface area contributed by atoms with E-state index in [-0.39, 0.29) is 0 Å². The highest BCUT2D eigenvalue weighted by Gasteiger charge is 2.24.